The molecule has 1 amide bonds. The fourth-order valence-electron chi connectivity index (χ4n) is 3.14. The molecule has 0 aliphatic rings. The minimum atomic E-state index is -4.54. The molecule has 33 heavy (non-hydrogen) atoms. The molecule has 0 atom stereocenters. The second-order valence-corrected chi connectivity index (χ2v) is 9.42. The van der Waals surface area contributed by atoms with Crippen LogP contribution in [0.2, 0.25) is 0 Å². The van der Waals surface area contributed by atoms with Gasteiger partial charge in [0.15, 0.2) is 0 Å². The minimum absolute atomic E-state index is 0.157. The van der Waals surface area contributed by atoms with Crippen molar-refractivity contribution >= 4 is 27.3 Å². The van der Waals surface area contributed by atoms with E-state index in [0.29, 0.717) is 16.9 Å². The van der Waals surface area contributed by atoms with E-state index in [0.717, 1.165) is 29.6 Å². The molecule has 1 heterocycles. The molecule has 0 aliphatic carbocycles. The summed E-state index contributed by atoms with van der Waals surface area (Å²) in [5.41, 5.74) is 2.00. The zero-order chi connectivity index (χ0) is 24.2. The highest BCUT2D eigenvalue weighted by Gasteiger charge is 2.32. The molecule has 0 radical (unpaired) electrons. The van der Waals surface area contributed by atoms with Gasteiger partial charge in [0.05, 0.1) is 24.9 Å². The maximum atomic E-state index is 12.6. The Bertz CT molecular complexity index is 1230. The molecule has 0 bridgehead atoms. The number of carbonyl (C=O) groups is 1. The first-order chi connectivity index (χ1) is 15.4. The third kappa shape index (κ3) is 6.55. The van der Waals surface area contributed by atoms with E-state index in [1.165, 1.54) is 10.4 Å². The lowest BCUT2D eigenvalue weighted by Gasteiger charge is -2.23. The summed E-state index contributed by atoms with van der Waals surface area (Å²) in [6, 6.07) is 15.8. The Kier molecular flexibility index (Phi) is 7.06. The maximum absolute atomic E-state index is 12.6. The Morgan fingerprint density at radius 1 is 1.03 bits per heavy atom. The van der Waals surface area contributed by atoms with E-state index in [1.54, 1.807) is 24.3 Å². The second-order valence-electron chi connectivity index (χ2n) is 7.52. The van der Waals surface area contributed by atoms with Gasteiger partial charge in [0, 0.05) is 11.9 Å². The van der Waals surface area contributed by atoms with E-state index in [1.807, 2.05) is 31.2 Å². The Morgan fingerprint density at radius 3 is 2.24 bits per heavy atom. The number of aryl methyl sites for hydroxylation is 1. The molecule has 0 aliphatic heterocycles. The van der Waals surface area contributed by atoms with Crippen LogP contribution < -0.4 is 9.62 Å². The van der Waals surface area contributed by atoms with Gasteiger partial charge in [-0.05, 0) is 53.9 Å². The van der Waals surface area contributed by atoms with Gasteiger partial charge in [-0.15, -0.1) is 0 Å². The third-order valence-electron chi connectivity index (χ3n) is 4.89. The average molecular weight is 478 g/mol. The summed E-state index contributed by atoms with van der Waals surface area (Å²) in [5.74, 6) is -0.441. The van der Waals surface area contributed by atoms with Crippen molar-refractivity contribution in [3.05, 3.63) is 89.2 Å². The van der Waals surface area contributed by atoms with E-state index >= 15 is 0 Å². The zero-order valence-electron chi connectivity index (χ0n) is 17.9. The van der Waals surface area contributed by atoms with Crippen molar-refractivity contribution in [1.82, 2.24) is 4.98 Å². The second kappa shape index (κ2) is 9.62. The number of alkyl halides is 3. The van der Waals surface area contributed by atoms with Crippen molar-refractivity contribution in [1.29, 1.82) is 0 Å². The molecular weight excluding hydrogens is 455 g/mol. The number of nitrogens with zero attached hydrogens (tertiary/aromatic N) is 2. The van der Waals surface area contributed by atoms with E-state index in [9.17, 15) is 26.4 Å². The Balaban J connectivity index is 1.69. The summed E-state index contributed by atoms with van der Waals surface area (Å²) in [4.78, 5) is 15.6. The highest BCUT2D eigenvalue weighted by atomic mass is 32.2. The zero-order valence-corrected chi connectivity index (χ0v) is 18.7. The van der Waals surface area contributed by atoms with Crippen LogP contribution in [0.4, 0.5) is 24.5 Å². The number of halogens is 3. The maximum Gasteiger partial charge on any atom is 0.433 e. The number of pyridine rings is 1. The number of amides is 1. The fourth-order valence-corrected chi connectivity index (χ4v) is 4.02. The first-order valence-corrected chi connectivity index (χ1v) is 11.7. The van der Waals surface area contributed by atoms with Gasteiger partial charge in [0.2, 0.25) is 15.9 Å². The highest BCUT2D eigenvalue weighted by molar-refractivity contribution is 7.92. The van der Waals surface area contributed by atoms with E-state index in [4.69, 9.17) is 0 Å². The van der Waals surface area contributed by atoms with E-state index in [-0.39, 0.29) is 13.0 Å². The van der Waals surface area contributed by atoms with Crippen LogP contribution in [0.1, 0.15) is 22.4 Å². The number of hydrogen-bond donors (Lipinski definition) is 1. The largest absolute Gasteiger partial charge is 0.433 e. The van der Waals surface area contributed by atoms with Crippen LogP contribution in [0.5, 0.6) is 0 Å². The normalized spacial score (nSPS) is 11.8. The van der Waals surface area contributed by atoms with Crippen LogP contribution in [0.3, 0.4) is 0 Å². The van der Waals surface area contributed by atoms with Crippen LogP contribution in [0.15, 0.2) is 66.9 Å². The van der Waals surface area contributed by atoms with Crippen LogP contribution in [0, 0.1) is 6.92 Å². The summed E-state index contributed by atoms with van der Waals surface area (Å²) < 4.78 is 63.8. The van der Waals surface area contributed by atoms with Crippen molar-refractivity contribution < 1.29 is 26.4 Å². The number of sulfonamides is 1. The lowest BCUT2D eigenvalue weighted by atomic mass is 10.1. The van der Waals surface area contributed by atoms with Crippen LogP contribution in [-0.2, 0) is 34.0 Å². The van der Waals surface area contributed by atoms with Crippen molar-refractivity contribution in [2.45, 2.75) is 26.1 Å². The molecule has 174 valence electrons. The van der Waals surface area contributed by atoms with Gasteiger partial charge in [-0.3, -0.25) is 14.1 Å². The predicted molar refractivity (Wildman–Crippen MR) is 120 cm³/mol. The minimum Gasteiger partial charge on any atom is -0.326 e. The Morgan fingerprint density at radius 2 is 1.70 bits per heavy atom. The first kappa shape index (κ1) is 24.2. The third-order valence-corrected chi connectivity index (χ3v) is 6.04. The van der Waals surface area contributed by atoms with Crippen LogP contribution in [-0.4, -0.2) is 25.6 Å². The Labute approximate surface area is 190 Å². The molecule has 3 rings (SSSR count). The number of benzene rings is 2. The summed E-state index contributed by atoms with van der Waals surface area (Å²) in [6.45, 7) is 2.07. The standard InChI is InChI=1S/C23H22F3N3O3S/c1-16-5-3-4-6-18(16)15-29(33(2,31)32)20-10-8-19(9-11-20)28-22(30)13-17-7-12-21(27-14-17)23(24,25)26/h3-12,14H,13,15H2,1-2H3,(H,28,30). The van der Waals surface area contributed by atoms with Gasteiger partial charge < -0.3 is 5.32 Å². The molecule has 1 N–H and O–H groups in total. The van der Waals surface area contributed by atoms with Crippen molar-refractivity contribution in [3.8, 4) is 0 Å². The van der Waals surface area contributed by atoms with Crippen molar-refractivity contribution in [2.24, 2.45) is 0 Å². The quantitative estimate of drug-likeness (QED) is 0.541. The summed E-state index contributed by atoms with van der Waals surface area (Å²) in [6.07, 6.45) is -2.56. The smallest absolute Gasteiger partial charge is 0.326 e. The monoisotopic (exact) mass is 477 g/mol. The molecule has 0 fully saturated rings. The SMILES string of the molecule is Cc1ccccc1CN(c1ccc(NC(=O)Cc2ccc(C(F)(F)F)nc2)cc1)S(C)(=O)=O. The number of carbonyl (C=O) groups excluding carboxylic acids is 1. The number of nitrogens with one attached hydrogen (secondary N) is 1. The van der Waals surface area contributed by atoms with Crippen LogP contribution in [0.25, 0.3) is 0 Å². The molecule has 2 aromatic carbocycles. The van der Waals surface area contributed by atoms with Gasteiger partial charge in [-0.2, -0.15) is 13.2 Å². The fraction of sp³-hybridized carbons (Fsp3) is 0.217. The average Bonchev–Trinajstić information content (AvgIpc) is 2.73. The van der Waals surface area contributed by atoms with E-state index in [2.05, 4.69) is 10.3 Å². The highest BCUT2D eigenvalue weighted by Crippen LogP contribution is 2.27. The summed E-state index contributed by atoms with van der Waals surface area (Å²) >= 11 is 0. The molecule has 1 aromatic heterocycles. The molecule has 0 spiro atoms. The summed E-state index contributed by atoms with van der Waals surface area (Å²) in [5, 5.41) is 2.64. The van der Waals surface area contributed by atoms with Gasteiger partial charge in [-0.1, -0.05) is 30.3 Å². The molecular formula is C23H22F3N3O3S. The molecule has 0 saturated carbocycles. The first-order valence-electron chi connectivity index (χ1n) is 9.88. The molecule has 10 heteroatoms. The Hall–Kier alpha value is -3.40. The topological polar surface area (TPSA) is 79.4 Å². The molecule has 0 saturated heterocycles. The number of aromatic nitrogens is 1. The molecule has 6 nitrogen and oxygen atoms in total. The van der Waals surface area contributed by atoms with Gasteiger partial charge in [0.25, 0.3) is 0 Å². The predicted octanol–water partition coefficient (Wildman–Crippen LogP) is 4.56. The lowest BCUT2D eigenvalue weighted by Crippen LogP contribution is -2.29. The molecule has 0 unspecified atom stereocenters. The number of anilines is 2. The van der Waals surface area contributed by atoms with E-state index < -0.39 is 27.8 Å². The lowest BCUT2D eigenvalue weighted by molar-refractivity contribution is -0.141. The molecule has 3 aromatic rings. The number of hydrogen-bond acceptors (Lipinski definition) is 4. The van der Waals surface area contributed by atoms with Gasteiger partial charge >= 0.3 is 6.18 Å². The van der Waals surface area contributed by atoms with Gasteiger partial charge in [-0.25, -0.2) is 8.42 Å². The van der Waals surface area contributed by atoms with Gasteiger partial charge in [0.1, 0.15) is 5.69 Å². The van der Waals surface area contributed by atoms with Crippen molar-refractivity contribution in [2.75, 3.05) is 15.9 Å². The number of rotatable bonds is 7. The van der Waals surface area contributed by atoms with Crippen LogP contribution >= 0.6 is 0 Å². The van der Waals surface area contributed by atoms with Crippen molar-refractivity contribution in [3.63, 3.8) is 0 Å². The summed E-state index contributed by atoms with van der Waals surface area (Å²) in [7, 11) is -3.56.